The largest absolute Gasteiger partial charge is 0.497 e. The molecule has 0 spiro atoms. The molecule has 224 valence electrons. The Labute approximate surface area is 263 Å². The number of nitrogens with one attached hydrogen (secondary N) is 1. The molecule has 0 aromatic heterocycles. The van der Waals surface area contributed by atoms with Crippen molar-refractivity contribution in [3.63, 3.8) is 0 Å². The third-order valence-corrected chi connectivity index (χ3v) is 9.03. The summed E-state index contributed by atoms with van der Waals surface area (Å²) < 4.78 is 5.42. The fraction of sp³-hybridized carbons (Fsp3) is 0.270. The van der Waals surface area contributed by atoms with E-state index in [4.69, 9.17) is 16.3 Å². The topological polar surface area (TPSA) is 75.7 Å². The highest BCUT2D eigenvalue weighted by atomic mass is 35.5. The summed E-state index contributed by atoms with van der Waals surface area (Å²) in [6.07, 6.45) is 1.54. The Balaban J connectivity index is 1.50. The van der Waals surface area contributed by atoms with E-state index in [9.17, 15) is 14.4 Å². The number of ketones is 1. The lowest BCUT2D eigenvalue weighted by atomic mass is 9.76. The van der Waals surface area contributed by atoms with Gasteiger partial charge in [-0.25, -0.2) is 0 Å². The number of carbonyl (C=O) groups excluding carboxylic acids is 3. The van der Waals surface area contributed by atoms with E-state index in [1.165, 1.54) is 0 Å². The molecule has 4 aromatic rings. The van der Waals surface area contributed by atoms with Gasteiger partial charge < -0.3 is 15.0 Å². The number of halogens is 1. The average Bonchev–Trinajstić information content (AvgIpc) is 3.85. The summed E-state index contributed by atoms with van der Waals surface area (Å²) in [6.45, 7) is 2.33. The molecule has 1 saturated carbocycles. The van der Waals surface area contributed by atoms with Crippen molar-refractivity contribution in [1.82, 2.24) is 10.2 Å². The van der Waals surface area contributed by atoms with E-state index in [1.54, 1.807) is 36.3 Å². The van der Waals surface area contributed by atoms with Crippen LogP contribution in [0.3, 0.4) is 0 Å². The fourth-order valence-electron chi connectivity index (χ4n) is 6.36. The first-order valence-electron chi connectivity index (χ1n) is 15.0. The second-order valence-electron chi connectivity index (χ2n) is 11.7. The zero-order valence-corrected chi connectivity index (χ0v) is 25.5. The number of ether oxygens (including phenoxy) is 1. The van der Waals surface area contributed by atoms with Gasteiger partial charge in [-0.15, -0.1) is 0 Å². The SMILES string of the molecule is COc1ccc(C2C(C(=O)c3ccc(Cl)cc3)C(c3ccccc3)C(C(=O)NCc3ccc(C)cc3)N2C(=O)C2CC2)cc1. The van der Waals surface area contributed by atoms with Crippen molar-refractivity contribution in [2.24, 2.45) is 11.8 Å². The lowest BCUT2D eigenvalue weighted by molar-refractivity contribution is -0.142. The van der Waals surface area contributed by atoms with Crippen LogP contribution in [0.25, 0.3) is 0 Å². The Morgan fingerprint density at radius 2 is 1.50 bits per heavy atom. The molecule has 2 amide bonds. The summed E-state index contributed by atoms with van der Waals surface area (Å²) in [4.78, 5) is 45.0. The molecule has 0 radical (unpaired) electrons. The van der Waals surface area contributed by atoms with Gasteiger partial charge in [0.1, 0.15) is 11.8 Å². The quantitative estimate of drug-likeness (QED) is 0.210. The van der Waals surface area contributed by atoms with E-state index in [2.05, 4.69) is 5.32 Å². The number of methoxy groups -OCH3 is 1. The van der Waals surface area contributed by atoms with Crippen LogP contribution in [0.2, 0.25) is 5.02 Å². The summed E-state index contributed by atoms with van der Waals surface area (Å²) in [5.74, 6) is -1.33. The van der Waals surface area contributed by atoms with Crippen LogP contribution in [0.15, 0.2) is 103 Å². The first-order chi connectivity index (χ1) is 21.4. The molecule has 7 heteroatoms. The van der Waals surface area contributed by atoms with Gasteiger partial charge in [-0.05, 0) is 72.9 Å². The summed E-state index contributed by atoms with van der Waals surface area (Å²) in [7, 11) is 1.60. The number of amides is 2. The lowest BCUT2D eigenvalue weighted by Gasteiger charge is -2.32. The Hall–Kier alpha value is -4.42. The van der Waals surface area contributed by atoms with Crippen LogP contribution in [-0.2, 0) is 16.1 Å². The summed E-state index contributed by atoms with van der Waals surface area (Å²) in [6, 6.07) is 30.3. The normalized spacial score (nSPS) is 21.1. The minimum absolute atomic E-state index is 0.0892. The maximum Gasteiger partial charge on any atom is 0.243 e. The smallest absolute Gasteiger partial charge is 0.243 e. The van der Waals surface area contributed by atoms with Gasteiger partial charge in [0.2, 0.25) is 11.8 Å². The molecule has 4 unspecified atom stereocenters. The highest BCUT2D eigenvalue weighted by molar-refractivity contribution is 6.30. The Kier molecular flexibility index (Phi) is 8.53. The van der Waals surface area contributed by atoms with E-state index in [1.807, 2.05) is 85.8 Å². The lowest BCUT2D eigenvalue weighted by Crippen LogP contribution is -2.49. The molecule has 6 rings (SSSR count). The van der Waals surface area contributed by atoms with Gasteiger partial charge in [-0.1, -0.05) is 83.9 Å². The molecule has 1 heterocycles. The first-order valence-corrected chi connectivity index (χ1v) is 15.4. The fourth-order valence-corrected chi connectivity index (χ4v) is 6.49. The number of likely N-dealkylation sites (tertiary alicyclic amines) is 1. The molecule has 4 aromatic carbocycles. The van der Waals surface area contributed by atoms with Gasteiger partial charge in [0.05, 0.1) is 19.1 Å². The van der Waals surface area contributed by atoms with Crippen LogP contribution in [0.5, 0.6) is 5.75 Å². The van der Waals surface area contributed by atoms with Crippen molar-refractivity contribution in [3.05, 3.63) is 136 Å². The molecule has 1 aliphatic heterocycles. The number of hydrogen-bond donors (Lipinski definition) is 1. The van der Waals surface area contributed by atoms with Gasteiger partial charge in [0.15, 0.2) is 5.78 Å². The van der Waals surface area contributed by atoms with E-state index >= 15 is 0 Å². The van der Waals surface area contributed by atoms with Gasteiger partial charge in [-0.3, -0.25) is 14.4 Å². The van der Waals surface area contributed by atoms with Crippen molar-refractivity contribution in [1.29, 1.82) is 0 Å². The third-order valence-electron chi connectivity index (χ3n) is 8.78. The van der Waals surface area contributed by atoms with Crippen molar-refractivity contribution in [3.8, 4) is 5.75 Å². The summed E-state index contributed by atoms with van der Waals surface area (Å²) >= 11 is 6.19. The van der Waals surface area contributed by atoms with E-state index in [-0.39, 0.29) is 23.5 Å². The van der Waals surface area contributed by atoms with Gasteiger partial charge >= 0.3 is 0 Å². The number of hydrogen-bond acceptors (Lipinski definition) is 4. The molecule has 6 nitrogen and oxygen atoms in total. The van der Waals surface area contributed by atoms with Crippen LogP contribution in [0.1, 0.15) is 57.4 Å². The highest BCUT2D eigenvalue weighted by Gasteiger charge is 2.58. The Morgan fingerprint density at radius 3 is 2.11 bits per heavy atom. The first kappa shape index (κ1) is 29.6. The number of Topliss-reactive ketones (excluding diaryl/α,β-unsaturated/α-hetero) is 1. The van der Waals surface area contributed by atoms with Crippen LogP contribution in [-0.4, -0.2) is 35.6 Å². The van der Waals surface area contributed by atoms with Gasteiger partial charge in [-0.2, -0.15) is 0 Å². The minimum Gasteiger partial charge on any atom is -0.497 e. The van der Waals surface area contributed by atoms with Gasteiger partial charge in [0, 0.05) is 29.0 Å². The number of rotatable bonds is 9. The Morgan fingerprint density at radius 1 is 0.841 bits per heavy atom. The zero-order chi connectivity index (χ0) is 30.8. The van der Waals surface area contributed by atoms with Crippen molar-refractivity contribution in [2.75, 3.05) is 7.11 Å². The monoisotopic (exact) mass is 606 g/mol. The summed E-state index contributed by atoms with van der Waals surface area (Å²) in [5, 5.41) is 3.65. The number of benzene rings is 4. The van der Waals surface area contributed by atoms with E-state index in [0.29, 0.717) is 22.9 Å². The van der Waals surface area contributed by atoms with E-state index in [0.717, 1.165) is 35.1 Å². The van der Waals surface area contributed by atoms with Crippen molar-refractivity contribution >= 4 is 29.2 Å². The van der Waals surface area contributed by atoms with Crippen LogP contribution in [0.4, 0.5) is 0 Å². The molecule has 2 fully saturated rings. The van der Waals surface area contributed by atoms with E-state index < -0.39 is 23.9 Å². The number of nitrogens with zero attached hydrogens (tertiary/aromatic N) is 1. The molecule has 4 atom stereocenters. The predicted molar refractivity (Wildman–Crippen MR) is 171 cm³/mol. The Bertz CT molecular complexity index is 1630. The summed E-state index contributed by atoms with van der Waals surface area (Å²) in [5.41, 5.74) is 4.19. The molecule has 2 aliphatic rings. The maximum absolute atomic E-state index is 14.6. The molecular formula is C37H35ClN2O4. The number of carbonyl (C=O) groups is 3. The van der Waals surface area contributed by atoms with Crippen molar-refractivity contribution in [2.45, 2.75) is 44.3 Å². The molecule has 1 aliphatic carbocycles. The highest BCUT2D eigenvalue weighted by Crippen LogP contribution is 2.53. The predicted octanol–water partition coefficient (Wildman–Crippen LogP) is 6.92. The van der Waals surface area contributed by atoms with Crippen molar-refractivity contribution < 1.29 is 19.1 Å². The second kappa shape index (κ2) is 12.7. The van der Waals surface area contributed by atoms with Gasteiger partial charge in [0.25, 0.3) is 0 Å². The maximum atomic E-state index is 14.6. The van der Waals surface area contributed by atoms with Crippen LogP contribution >= 0.6 is 11.6 Å². The molecule has 1 N–H and O–H groups in total. The molecule has 0 bridgehead atoms. The third kappa shape index (κ3) is 6.00. The zero-order valence-electron chi connectivity index (χ0n) is 24.8. The standard InChI is InChI=1S/C37H35ClN2O4/c1-23-8-10-24(11-9-23)22-39-36(42)34-31(25-6-4-3-5-7-25)32(35(41)27-14-18-29(38)19-15-27)33(40(34)37(43)28-12-13-28)26-16-20-30(44-2)21-17-26/h3-11,14-21,28,31-34H,12-13,22H2,1-2H3,(H,39,42). The molecular weight excluding hydrogens is 572 g/mol. The molecule has 44 heavy (non-hydrogen) atoms. The number of aryl methyl sites for hydroxylation is 1. The average molecular weight is 607 g/mol. The van der Waals surface area contributed by atoms with Crippen LogP contribution < -0.4 is 10.1 Å². The molecule has 1 saturated heterocycles. The van der Waals surface area contributed by atoms with Crippen LogP contribution in [0, 0.1) is 18.8 Å². The second-order valence-corrected chi connectivity index (χ2v) is 12.2. The minimum atomic E-state index is -0.899.